The molecule has 14 heavy (non-hydrogen) atoms. The molecule has 1 saturated heterocycles. The molecule has 1 heterocycles. The lowest BCUT2D eigenvalue weighted by atomic mass is 10.2. The van der Waals surface area contributed by atoms with Crippen LogP contribution in [0.4, 0.5) is 0 Å². The first kappa shape index (κ1) is 9.09. The number of hydrogen-bond acceptors (Lipinski definition) is 4. The number of hydrogen-bond donors (Lipinski definition) is 0. The van der Waals surface area contributed by atoms with E-state index in [0.29, 0.717) is 18.8 Å². The van der Waals surface area contributed by atoms with Gasteiger partial charge in [0.1, 0.15) is 0 Å². The lowest BCUT2D eigenvalue weighted by Crippen LogP contribution is -2.24. The number of carbonyl (C=O) groups excluding carboxylic acids is 1. The van der Waals surface area contributed by atoms with Crippen molar-refractivity contribution in [3.05, 3.63) is 35.9 Å². The third-order valence-electron chi connectivity index (χ3n) is 2.01. The van der Waals surface area contributed by atoms with E-state index in [-0.39, 0.29) is 0 Å². The van der Waals surface area contributed by atoms with Gasteiger partial charge in [-0.3, -0.25) is 0 Å². The molecule has 0 aliphatic carbocycles. The van der Waals surface area contributed by atoms with Crippen LogP contribution in [-0.2, 0) is 20.2 Å². The maximum atomic E-state index is 10.3. The number of nitrogens with zero attached hydrogens (tertiary/aromatic N) is 1. The Hall–Kier alpha value is -1.48. The molecule has 0 aromatic heterocycles. The van der Waals surface area contributed by atoms with Crippen molar-refractivity contribution in [2.24, 2.45) is 4.99 Å². The quantitative estimate of drug-likeness (QED) is 0.521. The lowest BCUT2D eigenvalue weighted by Gasteiger charge is -2.20. The highest BCUT2D eigenvalue weighted by Gasteiger charge is 2.38. The SMILES string of the molecule is O=C=NC1(c2ccccc2)OCCO1. The van der Waals surface area contributed by atoms with Crippen molar-refractivity contribution in [1.82, 2.24) is 0 Å². The van der Waals surface area contributed by atoms with E-state index in [1.54, 1.807) is 12.1 Å². The van der Waals surface area contributed by atoms with Crippen LogP contribution >= 0.6 is 0 Å². The van der Waals surface area contributed by atoms with Gasteiger partial charge in [0, 0.05) is 5.56 Å². The molecule has 2 rings (SSSR count). The zero-order chi connectivity index (χ0) is 9.86. The summed E-state index contributed by atoms with van der Waals surface area (Å²) in [6, 6.07) is 9.14. The molecular formula is C10H9NO3. The molecule has 1 fully saturated rings. The average molecular weight is 191 g/mol. The summed E-state index contributed by atoms with van der Waals surface area (Å²) in [5.41, 5.74) is 0.709. The molecule has 0 bridgehead atoms. The molecule has 4 nitrogen and oxygen atoms in total. The highest BCUT2D eigenvalue weighted by Crippen LogP contribution is 2.31. The Kier molecular flexibility index (Phi) is 2.41. The number of ether oxygens (including phenoxy) is 2. The fourth-order valence-electron chi connectivity index (χ4n) is 1.41. The van der Waals surface area contributed by atoms with Crippen LogP contribution in [-0.4, -0.2) is 19.3 Å². The fourth-order valence-corrected chi connectivity index (χ4v) is 1.41. The van der Waals surface area contributed by atoms with Gasteiger partial charge in [0.05, 0.1) is 13.2 Å². The summed E-state index contributed by atoms with van der Waals surface area (Å²) in [7, 11) is 0. The summed E-state index contributed by atoms with van der Waals surface area (Å²) in [6.07, 6.45) is 1.47. The third-order valence-corrected chi connectivity index (χ3v) is 2.01. The molecule has 1 aliphatic heterocycles. The Morgan fingerprint density at radius 2 is 1.86 bits per heavy atom. The largest absolute Gasteiger partial charge is 0.325 e. The summed E-state index contributed by atoms with van der Waals surface area (Å²) in [4.78, 5) is 13.9. The average Bonchev–Trinajstić information content (AvgIpc) is 2.70. The highest BCUT2D eigenvalue weighted by atomic mass is 16.8. The molecule has 1 aromatic carbocycles. The second-order valence-electron chi connectivity index (χ2n) is 2.85. The minimum absolute atomic E-state index is 0.431. The van der Waals surface area contributed by atoms with Gasteiger partial charge in [0.25, 0.3) is 0 Å². The molecule has 4 heteroatoms. The van der Waals surface area contributed by atoms with Gasteiger partial charge in [-0.25, -0.2) is 4.79 Å². The molecule has 0 saturated carbocycles. The van der Waals surface area contributed by atoms with E-state index in [1.165, 1.54) is 6.08 Å². The molecule has 0 amide bonds. The van der Waals surface area contributed by atoms with Crippen molar-refractivity contribution in [1.29, 1.82) is 0 Å². The number of rotatable bonds is 2. The smallest absolute Gasteiger partial charge is 0.308 e. The van der Waals surface area contributed by atoms with Crippen molar-refractivity contribution < 1.29 is 14.3 Å². The molecule has 1 aromatic rings. The monoisotopic (exact) mass is 191 g/mol. The Bertz CT molecular complexity index is 351. The standard InChI is InChI=1S/C10H9NO3/c12-8-11-10(13-6-7-14-10)9-4-2-1-3-5-9/h1-5H,6-7H2. The van der Waals surface area contributed by atoms with Crippen molar-refractivity contribution in [3.8, 4) is 0 Å². The van der Waals surface area contributed by atoms with E-state index >= 15 is 0 Å². The number of aliphatic imine (C=N–C) groups is 1. The Balaban J connectivity index is 2.41. The van der Waals surface area contributed by atoms with Crippen LogP contribution in [0.25, 0.3) is 0 Å². The van der Waals surface area contributed by atoms with Gasteiger partial charge in [0.15, 0.2) is 0 Å². The van der Waals surface area contributed by atoms with Crippen LogP contribution in [0.1, 0.15) is 5.56 Å². The zero-order valence-corrected chi connectivity index (χ0v) is 7.47. The predicted octanol–water partition coefficient (Wildman–Crippen LogP) is 1.18. The van der Waals surface area contributed by atoms with Crippen molar-refractivity contribution in [2.75, 3.05) is 13.2 Å². The van der Waals surface area contributed by atoms with Crippen molar-refractivity contribution >= 4 is 6.08 Å². The molecule has 0 atom stereocenters. The van der Waals surface area contributed by atoms with Crippen LogP contribution in [0, 0.1) is 0 Å². The first-order valence-electron chi connectivity index (χ1n) is 4.30. The molecular weight excluding hydrogens is 182 g/mol. The molecule has 72 valence electrons. The first-order valence-corrected chi connectivity index (χ1v) is 4.30. The zero-order valence-electron chi connectivity index (χ0n) is 7.47. The van der Waals surface area contributed by atoms with E-state index in [4.69, 9.17) is 9.47 Å². The topological polar surface area (TPSA) is 47.9 Å². The molecule has 1 aliphatic rings. The van der Waals surface area contributed by atoms with E-state index in [0.717, 1.165) is 0 Å². The third kappa shape index (κ3) is 1.46. The van der Waals surface area contributed by atoms with Crippen LogP contribution in [0.5, 0.6) is 0 Å². The van der Waals surface area contributed by atoms with Crippen molar-refractivity contribution in [2.45, 2.75) is 5.91 Å². The molecule has 0 radical (unpaired) electrons. The van der Waals surface area contributed by atoms with E-state index < -0.39 is 5.91 Å². The van der Waals surface area contributed by atoms with Gasteiger partial charge in [-0.2, -0.15) is 0 Å². The fraction of sp³-hybridized carbons (Fsp3) is 0.300. The van der Waals surface area contributed by atoms with Gasteiger partial charge >= 0.3 is 5.91 Å². The van der Waals surface area contributed by atoms with Crippen LogP contribution < -0.4 is 0 Å². The van der Waals surface area contributed by atoms with Gasteiger partial charge in [-0.1, -0.05) is 30.3 Å². The lowest BCUT2D eigenvalue weighted by molar-refractivity contribution is -0.157. The number of benzene rings is 1. The van der Waals surface area contributed by atoms with E-state index in [1.807, 2.05) is 18.2 Å². The first-order chi connectivity index (χ1) is 6.87. The van der Waals surface area contributed by atoms with E-state index in [2.05, 4.69) is 4.99 Å². The maximum absolute atomic E-state index is 10.3. The Morgan fingerprint density at radius 1 is 1.21 bits per heavy atom. The highest BCUT2D eigenvalue weighted by molar-refractivity contribution is 5.36. The predicted molar refractivity (Wildman–Crippen MR) is 48.1 cm³/mol. The van der Waals surface area contributed by atoms with Gasteiger partial charge in [0.2, 0.25) is 6.08 Å². The molecule has 0 N–H and O–H groups in total. The van der Waals surface area contributed by atoms with Gasteiger partial charge in [-0.15, -0.1) is 4.99 Å². The van der Waals surface area contributed by atoms with Crippen LogP contribution in [0.3, 0.4) is 0 Å². The summed E-state index contributed by atoms with van der Waals surface area (Å²) in [5, 5.41) is 0. The van der Waals surface area contributed by atoms with Crippen molar-refractivity contribution in [3.63, 3.8) is 0 Å². The Labute approximate surface area is 81.2 Å². The summed E-state index contributed by atoms with van der Waals surface area (Å²) >= 11 is 0. The van der Waals surface area contributed by atoms with Gasteiger partial charge in [-0.05, 0) is 0 Å². The summed E-state index contributed by atoms with van der Waals surface area (Å²) < 4.78 is 10.6. The molecule has 0 spiro atoms. The minimum Gasteiger partial charge on any atom is -0.325 e. The molecule has 0 unspecified atom stereocenters. The second-order valence-corrected chi connectivity index (χ2v) is 2.85. The maximum Gasteiger partial charge on any atom is 0.308 e. The summed E-state index contributed by atoms with van der Waals surface area (Å²) in [6.45, 7) is 0.861. The normalized spacial score (nSPS) is 18.9. The Morgan fingerprint density at radius 3 is 2.43 bits per heavy atom. The number of isocyanates is 1. The van der Waals surface area contributed by atoms with Crippen LogP contribution in [0.15, 0.2) is 35.3 Å². The van der Waals surface area contributed by atoms with Crippen LogP contribution in [0.2, 0.25) is 0 Å². The van der Waals surface area contributed by atoms with E-state index in [9.17, 15) is 4.79 Å². The summed E-state index contributed by atoms with van der Waals surface area (Å²) in [5.74, 6) is -1.26. The van der Waals surface area contributed by atoms with Gasteiger partial charge < -0.3 is 9.47 Å². The minimum atomic E-state index is -1.26. The second kappa shape index (κ2) is 3.72.